The van der Waals surface area contributed by atoms with Crippen LogP contribution in [0.5, 0.6) is 0 Å². The summed E-state index contributed by atoms with van der Waals surface area (Å²) in [6.45, 7) is 3.83. The molecule has 0 saturated carbocycles. The van der Waals surface area contributed by atoms with E-state index in [2.05, 4.69) is 15.3 Å². The summed E-state index contributed by atoms with van der Waals surface area (Å²) in [5.41, 5.74) is 2.23. The SMILES string of the molecule is CNc1nc(=O)n2c(C)c(C)ccc2n1. The highest BCUT2D eigenvalue weighted by atomic mass is 16.1. The van der Waals surface area contributed by atoms with Gasteiger partial charge in [0.1, 0.15) is 5.65 Å². The molecule has 0 bridgehead atoms. The van der Waals surface area contributed by atoms with Gasteiger partial charge in [-0.3, -0.25) is 0 Å². The summed E-state index contributed by atoms with van der Waals surface area (Å²) >= 11 is 0. The number of nitrogens with one attached hydrogen (secondary N) is 1. The fourth-order valence-electron chi connectivity index (χ4n) is 1.46. The highest BCUT2D eigenvalue weighted by Crippen LogP contribution is 2.08. The fourth-order valence-corrected chi connectivity index (χ4v) is 1.46. The molecule has 2 aromatic heterocycles. The molecule has 2 rings (SSSR count). The van der Waals surface area contributed by atoms with Gasteiger partial charge < -0.3 is 5.32 Å². The van der Waals surface area contributed by atoms with Crippen LogP contribution in [0.2, 0.25) is 0 Å². The van der Waals surface area contributed by atoms with Gasteiger partial charge in [-0.05, 0) is 25.5 Å². The summed E-state index contributed by atoms with van der Waals surface area (Å²) in [5, 5.41) is 2.76. The Labute approximate surface area is 86.8 Å². The number of pyridine rings is 1. The van der Waals surface area contributed by atoms with Gasteiger partial charge in [0.05, 0.1) is 0 Å². The molecule has 0 atom stereocenters. The third-order valence-corrected chi connectivity index (χ3v) is 2.45. The molecule has 0 saturated heterocycles. The van der Waals surface area contributed by atoms with Crippen LogP contribution in [0.25, 0.3) is 5.65 Å². The number of fused-ring (bicyclic) bond motifs is 1. The number of aromatic nitrogens is 3. The topological polar surface area (TPSA) is 59.3 Å². The molecule has 0 radical (unpaired) electrons. The average molecular weight is 204 g/mol. The minimum atomic E-state index is -0.300. The van der Waals surface area contributed by atoms with Gasteiger partial charge in [-0.25, -0.2) is 9.20 Å². The van der Waals surface area contributed by atoms with Gasteiger partial charge in [-0.2, -0.15) is 9.97 Å². The molecule has 0 aromatic carbocycles. The van der Waals surface area contributed by atoms with E-state index in [1.807, 2.05) is 26.0 Å². The van der Waals surface area contributed by atoms with E-state index in [-0.39, 0.29) is 5.69 Å². The zero-order chi connectivity index (χ0) is 11.0. The molecular formula is C10H12N4O. The van der Waals surface area contributed by atoms with Crippen molar-refractivity contribution in [2.75, 3.05) is 12.4 Å². The van der Waals surface area contributed by atoms with E-state index in [1.54, 1.807) is 7.05 Å². The smallest absolute Gasteiger partial charge is 0.356 e. The maximum Gasteiger partial charge on any atom is 0.356 e. The Balaban J connectivity index is 2.92. The van der Waals surface area contributed by atoms with E-state index in [0.717, 1.165) is 11.3 Å². The molecule has 0 fully saturated rings. The molecule has 5 heteroatoms. The second kappa shape index (κ2) is 3.34. The number of aryl methyl sites for hydroxylation is 2. The van der Waals surface area contributed by atoms with Crippen molar-refractivity contribution in [1.29, 1.82) is 0 Å². The van der Waals surface area contributed by atoms with Gasteiger partial charge in [-0.15, -0.1) is 0 Å². The van der Waals surface area contributed by atoms with Crippen LogP contribution in [-0.2, 0) is 0 Å². The Morgan fingerprint density at radius 3 is 2.67 bits per heavy atom. The standard InChI is InChI=1S/C10H12N4O/c1-6-4-5-8-12-9(11-3)13-10(15)14(8)7(6)2/h4-5H,1-3H3,(H,11,13,15). The highest BCUT2D eigenvalue weighted by molar-refractivity contribution is 5.45. The van der Waals surface area contributed by atoms with Crippen LogP contribution < -0.4 is 11.0 Å². The summed E-state index contributed by atoms with van der Waals surface area (Å²) in [7, 11) is 1.69. The molecule has 1 N–H and O–H groups in total. The van der Waals surface area contributed by atoms with Crippen LogP contribution in [0.4, 0.5) is 5.95 Å². The zero-order valence-electron chi connectivity index (χ0n) is 8.90. The lowest BCUT2D eigenvalue weighted by molar-refractivity contribution is 0.902. The Bertz CT molecular complexity index is 573. The largest absolute Gasteiger partial charge is 0.357 e. The van der Waals surface area contributed by atoms with E-state index in [1.165, 1.54) is 4.40 Å². The van der Waals surface area contributed by atoms with Crippen molar-refractivity contribution in [3.63, 3.8) is 0 Å². The number of hydrogen-bond donors (Lipinski definition) is 1. The Morgan fingerprint density at radius 1 is 1.27 bits per heavy atom. The molecule has 0 aliphatic carbocycles. The third-order valence-electron chi connectivity index (χ3n) is 2.45. The number of nitrogens with zero attached hydrogens (tertiary/aromatic N) is 3. The number of anilines is 1. The average Bonchev–Trinajstić information content (AvgIpc) is 2.23. The van der Waals surface area contributed by atoms with E-state index in [0.29, 0.717) is 11.6 Å². The van der Waals surface area contributed by atoms with Crippen LogP contribution in [0.15, 0.2) is 16.9 Å². The highest BCUT2D eigenvalue weighted by Gasteiger charge is 2.05. The summed E-state index contributed by atoms with van der Waals surface area (Å²) in [6.07, 6.45) is 0. The van der Waals surface area contributed by atoms with Crippen molar-refractivity contribution in [3.05, 3.63) is 33.9 Å². The first-order valence-electron chi connectivity index (χ1n) is 4.68. The predicted octanol–water partition coefficient (Wildman–Crippen LogP) is 0.748. The van der Waals surface area contributed by atoms with Crippen molar-refractivity contribution < 1.29 is 0 Å². The third kappa shape index (κ3) is 1.45. The summed E-state index contributed by atoms with van der Waals surface area (Å²) in [4.78, 5) is 19.7. The second-order valence-corrected chi connectivity index (χ2v) is 3.38. The van der Waals surface area contributed by atoms with Crippen LogP contribution >= 0.6 is 0 Å². The maximum atomic E-state index is 11.7. The zero-order valence-corrected chi connectivity index (χ0v) is 8.90. The van der Waals surface area contributed by atoms with Crippen molar-refractivity contribution in [2.24, 2.45) is 0 Å². The normalized spacial score (nSPS) is 10.6. The van der Waals surface area contributed by atoms with Gasteiger partial charge in [0, 0.05) is 12.7 Å². The van der Waals surface area contributed by atoms with E-state index < -0.39 is 0 Å². The lowest BCUT2D eigenvalue weighted by atomic mass is 10.2. The fraction of sp³-hybridized carbons (Fsp3) is 0.300. The number of rotatable bonds is 1. The van der Waals surface area contributed by atoms with Gasteiger partial charge in [-0.1, -0.05) is 6.07 Å². The minimum absolute atomic E-state index is 0.300. The predicted molar refractivity (Wildman–Crippen MR) is 58.3 cm³/mol. The Hall–Kier alpha value is -1.91. The molecule has 15 heavy (non-hydrogen) atoms. The van der Waals surface area contributed by atoms with Crippen LogP contribution in [0.1, 0.15) is 11.3 Å². The minimum Gasteiger partial charge on any atom is -0.357 e. The molecular weight excluding hydrogens is 192 g/mol. The van der Waals surface area contributed by atoms with Crippen LogP contribution in [-0.4, -0.2) is 21.4 Å². The summed E-state index contributed by atoms with van der Waals surface area (Å²) in [5.74, 6) is 0.350. The van der Waals surface area contributed by atoms with Gasteiger partial charge in [0.15, 0.2) is 0 Å². The molecule has 0 aliphatic rings. The molecule has 0 amide bonds. The summed E-state index contributed by atoms with van der Waals surface area (Å²) in [6, 6.07) is 3.75. The monoisotopic (exact) mass is 204 g/mol. The van der Waals surface area contributed by atoms with Gasteiger partial charge in [0.25, 0.3) is 0 Å². The van der Waals surface area contributed by atoms with Crippen LogP contribution in [0, 0.1) is 13.8 Å². The molecule has 5 nitrogen and oxygen atoms in total. The molecule has 0 aliphatic heterocycles. The van der Waals surface area contributed by atoms with Crippen molar-refractivity contribution >= 4 is 11.6 Å². The molecule has 0 spiro atoms. The second-order valence-electron chi connectivity index (χ2n) is 3.38. The van der Waals surface area contributed by atoms with Crippen molar-refractivity contribution in [1.82, 2.24) is 14.4 Å². The van der Waals surface area contributed by atoms with Crippen molar-refractivity contribution in [3.8, 4) is 0 Å². The van der Waals surface area contributed by atoms with E-state index >= 15 is 0 Å². The Morgan fingerprint density at radius 2 is 2.00 bits per heavy atom. The van der Waals surface area contributed by atoms with E-state index in [4.69, 9.17) is 0 Å². The summed E-state index contributed by atoms with van der Waals surface area (Å²) < 4.78 is 1.51. The first-order chi connectivity index (χ1) is 7.13. The van der Waals surface area contributed by atoms with Crippen molar-refractivity contribution in [2.45, 2.75) is 13.8 Å². The van der Waals surface area contributed by atoms with Gasteiger partial charge in [0.2, 0.25) is 5.95 Å². The number of hydrogen-bond acceptors (Lipinski definition) is 4. The molecule has 2 heterocycles. The molecule has 78 valence electrons. The Kier molecular flexibility index (Phi) is 2.15. The first kappa shape index (κ1) is 9.64. The first-order valence-corrected chi connectivity index (χ1v) is 4.68. The molecule has 0 unspecified atom stereocenters. The van der Waals surface area contributed by atoms with E-state index in [9.17, 15) is 4.79 Å². The lowest BCUT2D eigenvalue weighted by Gasteiger charge is -2.07. The lowest BCUT2D eigenvalue weighted by Crippen LogP contribution is -2.22. The maximum absolute atomic E-state index is 11.7. The quantitative estimate of drug-likeness (QED) is 0.744. The van der Waals surface area contributed by atoms with Crippen LogP contribution in [0.3, 0.4) is 0 Å². The molecule has 2 aromatic rings. The van der Waals surface area contributed by atoms with Gasteiger partial charge >= 0.3 is 5.69 Å².